The predicted molar refractivity (Wildman–Crippen MR) is 103 cm³/mol. The SMILES string of the molecule is C/C(=N/NC(=S)NC1CCCCC1)c1ccc(C(C)(C)C)cc1. The van der Waals surface area contributed by atoms with Crippen molar-refractivity contribution in [1.82, 2.24) is 10.7 Å². The molecule has 1 fully saturated rings. The zero-order valence-corrected chi connectivity index (χ0v) is 15.6. The van der Waals surface area contributed by atoms with Crippen molar-refractivity contribution in [3.8, 4) is 0 Å². The predicted octanol–water partition coefficient (Wildman–Crippen LogP) is 4.50. The molecule has 3 nitrogen and oxygen atoms in total. The van der Waals surface area contributed by atoms with Gasteiger partial charge in [0.2, 0.25) is 0 Å². The molecule has 2 rings (SSSR count). The highest BCUT2D eigenvalue weighted by Gasteiger charge is 2.14. The van der Waals surface area contributed by atoms with Gasteiger partial charge in [-0.05, 0) is 48.5 Å². The minimum atomic E-state index is 0.174. The fourth-order valence-corrected chi connectivity index (χ4v) is 3.09. The summed E-state index contributed by atoms with van der Waals surface area (Å²) in [5.41, 5.74) is 6.54. The van der Waals surface area contributed by atoms with Crippen LogP contribution in [0.15, 0.2) is 29.4 Å². The van der Waals surface area contributed by atoms with Gasteiger partial charge in [0.05, 0.1) is 5.71 Å². The Bertz CT molecular complexity index is 549. The molecule has 0 radical (unpaired) electrons. The van der Waals surface area contributed by atoms with Crippen molar-refractivity contribution in [3.63, 3.8) is 0 Å². The lowest BCUT2D eigenvalue weighted by Gasteiger charge is -2.23. The van der Waals surface area contributed by atoms with Crippen molar-refractivity contribution in [3.05, 3.63) is 35.4 Å². The van der Waals surface area contributed by atoms with Crippen LogP contribution < -0.4 is 10.7 Å². The molecule has 1 saturated carbocycles. The van der Waals surface area contributed by atoms with E-state index < -0.39 is 0 Å². The van der Waals surface area contributed by atoms with E-state index >= 15 is 0 Å². The third-order valence-electron chi connectivity index (χ3n) is 4.43. The molecule has 0 aliphatic heterocycles. The van der Waals surface area contributed by atoms with Crippen molar-refractivity contribution in [2.75, 3.05) is 0 Å². The second kappa shape index (κ2) is 7.91. The monoisotopic (exact) mass is 331 g/mol. The van der Waals surface area contributed by atoms with Crippen LogP contribution in [0.25, 0.3) is 0 Å². The smallest absolute Gasteiger partial charge is 0.187 e. The van der Waals surface area contributed by atoms with E-state index in [1.165, 1.54) is 37.7 Å². The maximum atomic E-state index is 5.34. The molecular formula is C19H29N3S. The molecule has 0 amide bonds. The van der Waals surface area contributed by atoms with Crippen LogP contribution in [0, 0.1) is 0 Å². The van der Waals surface area contributed by atoms with E-state index in [9.17, 15) is 0 Å². The molecule has 0 heterocycles. The van der Waals surface area contributed by atoms with E-state index in [1.54, 1.807) is 0 Å². The van der Waals surface area contributed by atoms with Crippen molar-refractivity contribution >= 4 is 23.0 Å². The molecule has 1 aliphatic carbocycles. The van der Waals surface area contributed by atoms with Crippen molar-refractivity contribution < 1.29 is 0 Å². The van der Waals surface area contributed by atoms with Gasteiger partial charge in [0.25, 0.3) is 0 Å². The van der Waals surface area contributed by atoms with Gasteiger partial charge in [-0.2, -0.15) is 5.10 Å². The molecule has 0 bridgehead atoms. The fourth-order valence-electron chi connectivity index (χ4n) is 2.88. The Morgan fingerprint density at radius 3 is 2.26 bits per heavy atom. The zero-order chi connectivity index (χ0) is 16.9. The second-order valence-electron chi connectivity index (χ2n) is 7.44. The molecule has 0 unspecified atom stereocenters. The third kappa shape index (κ3) is 5.61. The number of benzene rings is 1. The number of hydrogen-bond donors (Lipinski definition) is 2. The van der Waals surface area contributed by atoms with Crippen molar-refractivity contribution in [2.45, 2.75) is 71.3 Å². The quantitative estimate of drug-likeness (QED) is 0.486. The van der Waals surface area contributed by atoms with E-state index in [0.29, 0.717) is 11.2 Å². The summed E-state index contributed by atoms with van der Waals surface area (Å²) in [5.74, 6) is 0. The first-order chi connectivity index (χ1) is 10.9. The molecule has 2 N–H and O–H groups in total. The minimum Gasteiger partial charge on any atom is -0.359 e. The van der Waals surface area contributed by atoms with Gasteiger partial charge in [-0.1, -0.05) is 64.3 Å². The first-order valence-corrected chi connectivity index (χ1v) is 8.99. The summed E-state index contributed by atoms with van der Waals surface area (Å²) < 4.78 is 0. The lowest BCUT2D eigenvalue weighted by atomic mass is 9.86. The largest absolute Gasteiger partial charge is 0.359 e. The Morgan fingerprint density at radius 2 is 1.70 bits per heavy atom. The third-order valence-corrected chi connectivity index (χ3v) is 4.64. The molecule has 4 heteroatoms. The van der Waals surface area contributed by atoms with Crippen LogP contribution in [0.5, 0.6) is 0 Å². The molecular weight excluding hydrogens is 302 g/mol. The first kappa shape index (κ1) is 17.9. The summed E-state index contributed by atoms with van der Waals surface area (Å²) in [5, 5.41) is 8.41. The second-order valence-corrected chi connectivity index (χ2v) is 7.85. The fraction of sp³-hybridized carbons (Fsp3) is 0.579. The lowest BCUT2D eigenvalue weighted by Crippen LogP contribution is -2.41. The normalized spacial score (nSPS) is 17.0. The van der Waals surface area contributed by atoms with Crippen molar-refractivity contribution in [1.29, 1.82) is 0 Å². The summed E-state index contributed by atoms with van der Waals surface area (Å²) in [6.45, 7) is 8.67. The Hall–Kier alpha value is -1.42. The highest BCUT2D eigenvalue weighted by Crippen LogP contribution is 2.22. The van der Waals surface area contributed by atoms with Crippen LogP contribution in [0.2, 0.25) is 0 Å². The molecule has 0 saturated heterocycles. The maximum absolute atomic E-state index is 5.34. The van der Waals surface area contributed by atoms with Crippen LogP contribution in [0.3, 0.4) is 0 Å². The lowest BCUT2D eigenvalue weighted by molar-refractivity contribution is 0.412. The number of nitrogens with zero attached hydrogens (tertiary/aromatic N) is 1. The number of hydrazone groups is 1. The summed E-state index contributed by atoms with van der Waals surface area (Å²) in [6.07, 6.45) is 6.35. The van der Waals surface area contributed by atoms with Crippen LogP contribution >= 0.6 is 12.2 Å². The van der Waals surface area contributed by atoms with Gasteiger partial charge in [-0.25, -0.2) is 0 Å². The molecule has 1 aliphatic rings. The topological polar surface area (TPSA) is 36.4 Å². The van der Waals surface area contributed by atoms with E-state index in [0.717, 1.165) is 11.3 Å². The van der Waals surface area contributed by atoms with Crippen molar-refractivity contribution in [2.24, 2.45) is 5.10 Å². The Kier molecular flexibility index (Phi) is 6.17. The van der Waals surface area contributed by atoms with Gasteiger partial charge in [0, 0.05) is 6.04 Å². The van der Waals surface area contributed by atoms with Gasteiger partial charge in [0.1, 0.15) is 0 Å². The summed E-state index contributed by atoms with van der Waals surface area (Å²) in [7, 11) is 0. The molecule has 0 atom stereocenters. The van der Waals surface area contributed by atoms with Crippen LogP contribution in [0.1, 0.15) is 70.9 Å². The molecule has 1 aromatic carbocycles. The van der Waals surface area contributed by atoms with Crippen LogP contribution in [-0.2, 0) is 5.41 Å². The van der Waals surface area contributed by atoms with E-state index in [2.05, 4.69) is 60.9 Å². The average Bonchev–Trinajstić information content (AvgIpc) is 2.53. The van der Waals surface area contributed by atoms with E-state index in [4.69, 9.17) is 12.2 Å². The Labute approximate surface area is 145 Å². The zero-order valence-electron chi connectivity index (χ0n) is 14.8. The van der Waals surface area contributed by atoms with Gasteiger partial charge in [-0.15, -0.1) is 0 Å². The number of rotatable bonds is 3. The summed E-state index contributed by atoms with van der Waals surface area (Å²) in [6, 6.07) is 9.10. The standard InChI is InChI=1S/C19H29N3S/c1-14(15-10-12-16(13-11-15)19(2,3)4)21-22-18(23)20-17-8-6-5-7-9-17/h10-13,17H,5-9H2,1-4H3,(H2,20,22,23)/b21-14-. The van der Waals surface area contributed by atoms with Crippen LogP contribution in [-0.4, -0.2) is 16.9 Å². The summed E-state index contributed by atoms with van der Waals surface area (Å²) >= 11 is 5.34. The van der Waals surface area contributed by atoms with Gasteiger partial charge >= 0.3 is 0 Å². The first-order valence-electron chi connectivity index (χ1n) is 8.58. The molecule has 1 aromatic rings. The van der Waals surface area contributed by atoms with Gasteiger partial charge < -0.3 is 5.32 Å². The van der Waals surface area contributed by atoms with Gasteiger partial charge in [0.15, 0.2) is 5.11 Å². The highest BCUT2D eigenvalue weighted by molar-refractivity contribution is 7.80. The van der Waals surface area contributed by atoms with E-state index in [-0.39, 0.29) is 5.41 Å². The molecule has 0 aromatic heterocycles. The van der Waals surface area contributed by atoms with E-state index in [1.807, 2.05) is 6.92 Å². The number of thiocarbonyl (C=S) groups is 1. The number of nitrogens with one attached hydrogen (secondary N) is 2. The van der Waals surface area contributed by atoms with Gasteiger partial charge in [-0.3, -0.25) is 5.43 Å². The molecule has 126 valence electrons. The summed E-state index contributed by atoms with van der Waals surface area (Å²) in [4.78, 5) is 0. The molecule has 23 heavy (non-hydrogen) atoms. The number of hydrogen-bond acceptors (Lipinski definition) is 2. The Morgan fingerprint density at radius 1 is 1.09 bits per heavy atom. The van der Waals surface area contributed by atoms with Crippen LogP contribution in [0.4, 0.5) is 0 Å². The maximum Gasteiger partial charge on any atom is 0.187 e. The molecule has 0 spiro atoms. The average molecular weight is 332 g/mol. The Balaban J connectivity index is 1.90. The highest BCUT2D eigenvalue weighted by atomic mass is 32.1. The minimum absolute atomic E-state index is 0.174.